The molecule has 1 fully saturated rings. The van der Waals surface area contributed by atoms with Crippen molar-refractivity contribution in [3.05, 3.63) is 0 Å². The molecule has 0 radical (unpaired) electrons. The van der Waals surface area contributed by atoms with Crippen LogP contribution in [-0.4, -0.2) is 50.8 Å². The van der Waals surface area contributed by atoms with Gasteiger partial charge in [0.2, 0.25) is 5.91 Å². The summed E-state index contributed by atoms with van der Waals surface area (Å²) in [6, 6.07) is 0. The van der Waals surface area contributed by atoms with Gasteiger partial charge in [0.1, 0.15) is 6.54 Å². The van der Waals surface area contributed by atoms with Gasteiger partial charge in [0, 0.05) is 32.2 Å². The van der Waals surface area contributed by atoms with E-state index in [0.717, 1.165) is 32.5 Å². The molecule has 0 aromatic carbocycles. The largest absolute Gasteiger partial charge is 0.377 e. The number of hydrogen-bond acceptors (Lipinski definition) is 3. The van der Waals surface area contributed by atoms with Crippen LogP contribution >= 0.6 is 0 Å². The molecule has 1 aliphatic rings. The van der Waals surface area contributed by atoms with Gasteiger partial charge in [-0.1, -0.05) is 20.8 Å². The number of aliphatic imine (C=N–C) groups is 1. The van der Waals surface area contributed by atoms with Crippen LogP contribution in [0.3, 0.4) is 0 Å². The highest BCUT2D eigenvalue weighted by atomic mass is 16.5. The molecule has 0 aliphatic carbocycles. The fourth-order valence-corrected chi connectivity index (χ4v) is 2.98. The highest BCUT2D eigenvalue weighted by Crippen LogP contribution is 2.33. The van der Waals surface area contributed by atoms with Gasteiger partial charge in [0.25, 0.3) is 0 Å². The number of carbonyl (C=O) groups is 1. The predicted molar refractivity (Wildman–Crippen MR) is 94.6 cm³/mol. The maximum atomic E-state index is 11.5. The summed E-state index contributed by atoms with van der Waals surface area (Å²) in [4.78, 5) is 15.9. The van der Waals surface area contributed by atoms with Crippen molar-refractivity contribution < 1.29 is 9.53 Å². The molecule has 1 aliphatic heterocycles. The van der Waals surface area contributed by atoms with Gasteiger partial charge in [-0.3, -0.25) is 4.79 Å². The van der Waals surface area contributed by atoms with Crippen molar-refractivity contribution in [1.29, 1.82) is 0 Å². The number of amides is 1. The third-order valence-electron chi connectivity index (χ3n) is 3.93. The second kappa shape index (κ2) is 9.75. The minimum Gasteiger partial charge on any atom is -0.377 e. The third-order valence-corrected chi connectivity index (χ3v) is 3.93. The van der Waals surface area contributed by atoms with Gasteiger partial charge in [-0.25, -0.2) is 4.99 Å². The second-order valence-electron chi connectivity index (χ2n) is 7.09. The molecule has 3 N–H and O–H groups in total. The topological polar surface area (TPSA) is 74.8 Å². The Morgan fingerprint density at radius 1 is 1.17 bits per heavy atom. The summed E-state index contributed by atoms with van der Waals surface area (Å²) in [7, 11) is 0. The Hall–Kier alpha value is -1.30. The maximum Gasteiger partial charge on any atom is 0.241 e. The van der Waals surface area contributed by atoms with Crippen LogP contribution in [0.1, 0.15) is 47.5 Å². The van der Waals surface area contributed by atoms with Gasteiger partial charge >= 0.3 is 0 Å². The van der Waals surface area contributed by atoms with Crippen LogP contribution in [0.4, 0.5) is 0 Å². The quantitative estimate of drug-likeness (QED) is 0.511. The molecule has 1 heterocycles. The minimum atomic E-state index is -0.0572. The normalized spacial score (nSPS) is 22.6. The lowest BCUT2D eigenvalue weighted by Crippen LogP contribution is -2.47. The Bertz CT molecular complexity index is 391. The lowest BCUT2D eigenvalue weighted by atomic mass is 9.78. The van der Waals surface area contributed by atoms with E-state index in [2.05, 4.69) is 41.7 Å². The van der Waals surface area contributed by atoms with Gasteiger partial charge in [-0.15, -0.1) is 0 Å². The number of hydrogen-bond donors (Lipinski definition) is 3. The number of rotatable bonds is 6. The summed E-state index contributed by atoms with van der Waals surface area (Å²) in [5.41, 5.74) is 0.128. The van der Waals surface area contributed by atoms with Crippen molar-refractivity contribution in [3.63, 3.8) is 0 Å². The van der Waals surface area contributed by atoms with E-state index in [4.69, 9.17) is 4.74 Å². The summed E-state index contributed by atoms with van der Waals surface area (Å²) in [5, 5.41) is 9.31. The molecular formula is C17H34N4O2. The first-order valence-electron chi connectivity index (χ1n) is 8.79. The van der Waals surface area contributed by atoms with E-state index >= 15 is 0 Å². The molecule has 0 aromatic heterocycles. The van der Waals surface area contributed by atoms with Gasteiger partial charge in [-0.05, 0) is 32.1 Å². The number of likely N-dealkylation sites (N-methyl/N-ethyl adjacent to an activating group) is 1. The van der Waals surface area contributed by atoms with Crippen LogP contribution in [0.25, 0.3) is 0 Å². The molecule has 1 saturated heterocycles. The Kier molecular flexibility index (Phi) is 8.37. The Morgan fingerprint density at radius 3 is 2.48 bits per heavy atom. The third kappa shape index (κ3) is 7.20. The first-order chi connectivity index (χ1) is 10.9. The first kappa shape index (κ1) is 19.7. The summed E-state index contributed by atoms with van der Waals surface area (Å²) in [6.45, 7) is 13.8. The number of guanidine groups is 1. The van der Waals surface area contributed by atoms with Crippen molar-refractivity contribution in [2.45, 2.75) is 53.6 Å². The number of nitrogens with zero attached hydrogens (tertiary/aromatic N) is 1. The van der Waals surface area contributed by atoms with Gasteiger partial charge in [0.15, 0.2) is 5.96 Å². The van der Waals surface area contributed by atoms with Crippen LogP contribution < -0.4 is 16.0 Å². The zero-order chi connectivity index (χ0) is 17.3. The van der Waals surface area contributed by atoms with Crippen LogP contribution in [0, 0.1) is 11.3 Å². The SMILES string of the molecule is CCNC(=O)CN=C(NCC)NCC1CCCOC1C(C)(C)C. The van der Waals surface area contributed by atoms with Crippen LogP contribution in [0.2, 0.25) is 0 Å². The fraction of sp³-hybridized carbons (Fsp3) is 0.882. The molecule has 2 atom stereocenters. The van der Waals surface area contributed by atoms with E-state index in [0.29, 0.717) is 18.4 Å². The second-order valence-corrected chi connectivity index (χ2v) is 7.09. The summed E-state index contributed by atoms with van der Waals surface area (Å²) >= 11 is 0. The molecule has 1 rings (SSSR count). The minimum absolute atomic E-state index is 0.0572. The number of carbonyl (C=O) groups excluding carboxylic acids is 1. The van der Waals surface area contributed by atoms with E-state index in [1.165, 1.54) is 0 Å². The summed E-state index contributed by atoms with van der Waals surface area (Å²) in [6.07, 6.45) is 2.51. The molecular weight excluding hydrogens is 292 g/mol. The standard InChI is InChI=1S/C17H34N4O2/c1-6-18-14(22)12-21-16(19-7-2)20-11-13-9-8-10-23-15(13)17(3,4)5/h13,15H,6-12H2,1-5H3,(H,18,22)(H2,19,20,21). The average Bonchev–Trinajstić information content (AvgIpc) is 2.50. The van der Waals surface area contributed by atoms with Crippen molar-refractivity contribution in [2.24, 2.45) is 16.3 Å². The lowest BCUT2D eigenvalue weighted by Gasteiger charge is -2.40. The van der Waals surface area contributed by atoms with Gasteiger partial charge in [-0.2, -0.15) is 0 Å². The first-order valence-corrected chi connectivity index (χ1v) is 8.79. The molecule has 2 unspecified atom stereocenters. The molecule has 0 saturated carbocycles. The molecule has 0 bridgehead atoms. The molecule has 6 nitrogen and oxygen atoms in total. The van der Waals surface area contributed by atoms with E-state index in [1.807, 2.05) is 13.8 Å². The van der Waals surface area contributed by atoms with Crippen molar-refractivity contribution in [3.8, 4) is 0 Å². The molecule has 0 aromatic rings. The van der Waals surface area contributed by atoms with E-state index in [-0.39, 0.29) is 24.0 Å². The van der Waals surface area contributed by atoms with E-state index in [9.17, 15) is 4.79 Å². The predicted octanol–water partition coefficient (Wildman–Crippen LogP) is 1.52. The van der Waals surface area contributed by atoms with E-state index in [1.54, 1.807) is 0 Å². The number of ether oxygens (including phenoxy) is 1. The Morgan fingerprint density at radius 2 is 1.87 bits per heavy atom. The Labute approximate surface area is 140 Å². The molecule has 1 amide bonds. The highest BCUT2D eigenvalue weighted by molar-refractivity contribution is 5.84. The van der Waals surface area contributed by atoms with Crippen LogP contribution in [0.5, 0.6) is 0 Å². The zero-order valence-corrected chi connectivity index (χ0v) is 15.4. The van der Waals surface area contributed by atoms with Crippen LogP contribution in [0.15, 0.2) is 4.99 Å². The zero-order valence-electron chi connectivity index (χ0n) is 15.4. The Balaban J connectivity index is 2.58. The number of nitrogens with one attached hydrogen (secondary N) is 3. The molecule has 134 valence electrons. The van der Waals surface area contributed by atoms with E-state index < -0.39 is 0 Å². The lowest BCUT2D eigenvalue weighted by molar-refractivity contribution is -0.119. The van der Waals surface area contributed by atoms with Crippen molar-refractivity contribution in [1.82, 2.24) is 16.0 Å². The summed E-state index contributed by atoms with van der Waals surface area (Å²) < 4.78 is 6.01. The van der Waals surface area contributed by atoms with Crippen molar-refractivity contribution >= 4 is 11.9 Å². The average molecular weight is 326 g/mol. The van der Waals surface area contributed by atoms with Crippen LogP contribution in [-0.2, 0) is 9.53 Å². The monoisotopic (exact) mass is 326 g/mol. The molecule has 6 heteroatoms. The maximum absolute atomic E-state index is 11.5. The fourth-order valence-electron chi connectivity index (χ4n) is 2.98. The van der Waals surface area contributed by atoms with Gasteiger partial charge < -0.3 is 20.7 Å². The van der Waals surface area contributed by atoms with Gasteiger partial charge in [0.05, 0.1) is 6.10 Å². The summed E-state index contributed by atoms with van der Waals surface area (Å²) in [5.74, 6) is 1.09. The van der Waals surface area contributed by atoms with Crippen molar-refractivity contribution in [2.75, 3.05) is 32.8 Å². The smallest absolute Gasteiger partial charge is 0.241 e. The highest BCUT2D eigenvalue weighted by Gasteiger charge is 2.35. The molecule has 23 heavy (non-hydrogen) atoms. The molecule has 0 spiro atoms.